The van der Waals surface area contributed by atoms with Crippen LogP contribution < -0.4 is 11.1 Å². The summed E-state index contributed by atoms with van der Waals surface area (Å²) in [6, 6.07) is 4.05. The van der Waals surface area contributed by atoms with Gasteiger partial charge in [0.1, 0.15) is 5.82 Å². The maximum absolute atomic E-state index is 12.8. The van der Waals surface area contributed by atoms with Crippen LogP contribution in [0.2, 0.25) is 0 Å². The van der Waals surface area contributed by atoms with E-state index in [2.05, 4.69) is 31.0 Å². The summed E-state index contributed by atoms with van der Waals surface area (Å²) in [4.78, 5) is 40.6. The van der Waals surface area contributed by atoms with Crippen molar-refractivity contribution in [2.75, 3.05) is 13.1 Å². The zero-order valence-corrected chi connectivity index (χ0v) is 17.6. The van der Waals surface area contributed by atoms with Crippen LogP contribution in [0.1, 0.15) is 42.0 Å². The van der Waals surface area contributed by atoms with E-state index in [1.807, 2.05) is 19.2 Å². The van der Waals surface area contributed by atoms with Gasteiger partial charge in [-0.05, 0) is 50.9 Å². The van der Waals surface area contributed by atoms with E-state index in [1.54, 1.807) is 23.2 Å². The Morgan fingerprint density at radius 1 is 0.968 bits per heavy atom. The first-order valence-electron chi connectivity index (χ1n) is 10.7. The van der Waals surface area contributed by atoms with Gasteiger partial charge in [0.2, 0.25) is 0 Å². The maximum Gasteiger partial charge on any atom is 0.332 e. The molecule has 31 heavy (non-hydrogen) atoms. The van der Waals surface area contributed by atoms with Gasteiger partial charge in [0.25, 0.3) is 0 Å². The van der Waals surface area contributed by atoms with Crippen LogP contribution in [-0.4, -0.2) is 47.3 Å². The fraction of sp³-hybridized carbons (Fsp3) is 0.455. The molecular weight excluding hydrogens is 394 g/mol. The van der Waals surface area contributed by atoms with Gasteiger partial charge in [0, 0.05) is 37.1 Å². The molecule has 3 aromatic rings. The van der Waals surface area contributed by atoms with Gasteiger partial charge in [-0.1, -0.05) is 6.07 Å². The Hall–Kier alpha value is -3.20. The number of nitrogens with zero attached hydrogens (tertiary/aromatic N) is 7. The molecule has 0 radical (unpaired) electrons. The standard InChI is InChI=1S/C22H25N7O2/c1-16-11-25-18(13-24-16)15-29-20(31)19(30)28-10-6-22(21(28)26-29)4-8-27(9-5-22)14-17-3-2-7-23-12-17/h2-3,7,11-13H,4-6,8-10,14-15H2,1H3. The van der Waals surface area contributed by atoms with Crippen LogP contribution in [0.3, 0.4) is 0 Å². The Morgan fingerprint density at radius 2 is 1.77 bits per heavy atom. The summed E-state index contributed by atoms with van der Waals surface area (Å²) in [7, 11) is 0. The number of aryl methyl sites for hydroxylation is 1. The molecule has 0 aliphatic carbocycles. The van der Waals surface area contributed by atoms with E-state index in [0.717, 1.165) is 50.4 Å². The molecule has 3 aromatic heterocycles. The van der Waals surface area contributed by atoms with Crippen molar-refractivity contribution >= 4 is 0 Å². The van der Waals surface area contributed by atoms with E-state index in [1.165, 1.54) is 10.2 Å². The normalized spacial score (nSPS) is 17.7. The largest absolute Gasteiger partial charge is 0.332 e. The number of hydrogen-bond donors (Lipinski definition) is 0. The number of rotatable bonds is 4. The summed E-state index contributed by atoms with van der Waals surface area (Å²) in [6.45, 7) is 5.28. The van der Waals surface area contributed by atoms with Crippen LogP contribution in [-0.2, 0) is 25.0 Å². The lowest BCUT2D eigenvalue weighted by molar-refractivity contribution is 0.148. The lowest BCUT2D eigenvalue weighted by atomic mass is 9.76. The van der Waals surface area contributed by atoms with E-state index in [0.29, 0.717) is 12.2 Å². The maximum atomic E-state index is 12.8. The van der Waals surface area contributed by atoms with Crippen LogP contribution in [0.15, 0.2) is 46.5 Å². The summed E-state index contributed by atoms with van der Waals surface area (Å²) < 4.78 is 2.86. The molecule has 1 fully saturated rings. The molecule has 1 saturated heterocycles. The molecule has 9 heteroatoms. The molecule has 0 saturated carbocycles. The van der Waals surface area contributed by atoms with Crippen molar-refractivity contribution in [3.05, 3.63) is 80.4 Å². The monoisotopic (exact) mass is 419 g/mol. The van der Waals surface area contributed by atoms with Crippen molar-refractivity contribution in [1.29, 1.82) is 0 Å². The van der Waals surface area contributed by atoms with Crippen LogP contribution in [0.4, 0.5) is 0 Å². The highest BCUT2D eigenvalue weighted by Crippen LogP contribution is 2.41. The van der Waals surface area contributed by atoms with Crippen LogP contribution >= 0.6 is 0 Å². The second kappa shape index (κ2) is 7.81. The van der Waals surface area contributed by atoms with Gasteiger partial charge in [0.15, 0.2) is 0 Å². The third-order valence-corrected chi connectivity index (χ3v) is 6.51. The van der Waals surface area contributed by atoms with Crippen molar-refractivity contribution in [1.82, 2.24) is 34.2 Å². The predicted molar refractivity (Wildman–Crippen MR) is 114 cm³/mol. The minimum absolute atomic E-state index is 0.151. The van der Waals surface area contributed by atoms with Gasteiger partial charge in [-0.25, -0.2) is 4.68 Å². The number of piperidine rings is 1. The van der Waals surface area contributed by atoms with E-state index in [-0.39, 0.29) is 12.0 Å². The summed E-state index contributed by atoms with van der Waals surface area (Å²) in [6.07, 6.45) is 9.66. The Balaban J connectivity index is 1.39. The number of hydrogen-bond acceptors (Lipinski definition) is 7. The molecule has 0 bridgehead atoms. The molecule has 2 aliphatic rings. The van der Waals surface area contributed by atoms with E-state index >= 15 is 0 Å². The van der Waals surface area contributed by atoms with Gasteiger partial charge in [-0.2, -0.15) is 5.10 Å². The van der Waals surface area contributed by atoms with Gasteiger partial charge in [0.05, 0.1) is 24.1 Å². The molecular formula is C22H25N7O2. The molecule has 2 aliphatic heterocycles. The van der Waals surface area contributed by atoms with Gasteiger partial charge < -0.3 is 0 Å². The number of likely N-dealkylation sites (tertiary alicyclic amines) is 1. The molecule has 0 aromatic carbocycles. The van der Waals surface area contributed by atoms with Crippen LogP contribution in [0.25, 0.3) is 0 Å². The van der Waals surface area contributed by atoms with Crippen LogP contribution in [0.5, 0.6) is 0 Å². The number of pyridine rings is 1. The lowest BCUT2D eigenvalue weighted by Crippen LogP contribution is -2.47. The summed E-state index contributed by atoms with van der Waals surface area (Å²) in [5, 5.41) is 4.69. The molecule has 9 nitrogen and oxygen atoms in total. The number of aromatic nitrogens is 6. The third-order valence-electron chi connectivity index (χ3n) is 6.51. The minimum atomic E-state index is -0.600. The first kappa shape index (κ1) is 19.7. The average Bonchev–Trinajstić information content (AvgIpc) is 3.14. The molecule has 160 valence electrons. The van der Waals surface area contributed by atoms with E-state index in [4.69, 9.17) is 0 Å². The van der Waals surface area contributed by atoms with Crippen molar-refractivity contribution in [2.45, 2.75) is 51.2 Å². The molecule has 1 spiro atoms. The molecule has 0 unspecified atom stereocenters. The zero-order chi connectivity index (χ0) is 21.4. The predicted octanol–water partition coefficient (Wildman–Crippen LogP) is 0.884. The minimum Gasteiger partial charge on any atom is -0.299 e. The van der Waals surface area contributed by atoms with Gasteiger partial charge in [-0.15, -0.1) is 0 Å². The molecule has 5 rings (SSSR count). The van der Waals surface area contributed by atoms with Gasteiger partial charge >= 0.3 is 11.1 Å². The Labute approximate surface area is 179 Å². The quantitative estimate of drug-likeness (QED) is 0.579. The number of fused-ring (bicyclic) bond motifs is 2. The summed E-state index contributed by atoms with van der Waals surface area (Å²) >= 11 is 0. The molecule has 0 amide bonds. The summed E-state index contributed by atoms with van der Waals surface area (Å²) in [5.74, 6) is 0.748. The molecule has 5 heterocycles. The first-order valence-corrected chi connectivity index (χ1v) is 10.7. The fourth-order valence-electron chi connectivity index (χ4n) is 4.70. The highest BCUT2D eigenvalue weighted by molar-refractivity contribution is 5.16. The zero-order valence-electron chi connectivity index (χ0n) is 17.6. The Morgan fingerprint density at radius 3 is 2.48 bits per heavy atom. The first-order chi connectivity index (χ1) is 15.0. The van der Waals surface area contributed by atoms with Crippen molar-refractivity contribution in [3.63, 3.8) is 0 Å². The summed E-state index contributed by atoms with van der Waals surface area (Å²) in [5.41, 5.74) is 1.38. The van der Waals surface area contributed by atoms with Gasteiger partial charge in [-0.3, -0.25) is 34.0 Å². The highest BCUT2D eigenvalue weighted by Gasteiger charge is 2.44. The van der Waals surface area contributed by atoms with Crippen LogP contribution in [0, 0.1) is 6.92 Å². The molecule has 0 atom stereocenters. The highest BCUT2D eigenvalue weighted by atomic mass is 16.2. The fourth-order valence-corrected chi connectivity index (χ4v) is 4.70. The van der Waals surface area contributed by atoms with Crippen molar-refractivity contribution in [3.8, 4) is 0 Å². The second-order valence-electron chi connectivity index (χ2n) is 8.56. The average molecular weight is 419 g/mol. The lowest BCUT2D eigenvalue weighted by Gasteiger charge is -2.38. The SMILES string of the molecule is Cc1cnc(Cn2nc3n(c(=O)c2=O)CCC32CCN(Cc3cccnc3)CC2)cn1. The second-order valence-corrected chi connectivity index (χ2v) is 8.56. The smallest absolute Gasteiger partial charge is 0.299 e. The van der Waals surface area contributed by atoms with E-state index < -0.39 is 11.1 Å². The van der Waals surface area contributed by atoms with Crippen molar-refractivity contribution < 1.29 is 0 Å². The Bertz CT molecular complexity index is 1190. The Kier molecular flexibility index (Phi) is 4.97. The molecule has 0 N–H and O–H groups in total. The van der Waals surface area contributed by atoms with E-state index in [9.17, 15) is 9.59 Å². The topological polar surface area (TPSA) is 98.8 Å². The third kappa shape index (κ3) is 3.69. The van der Waals surface area contributed by atoms with Crippen molar-refractivity contribution in [2.24, 2.45) is 0 Å².